The van der Waals surface area contributed by atoms with Crippen molar-refractivity contribution in [2.24, 2.45) is 22.2 Å². The molecule has 6 aliphatic carbocycles. The molecule has 6 saturated carbocycles. The average molecular weight is 507 g/mol. The maximum absolute atomic E-state index is 5.90. The Morgan fingerprint density at radius 2 is 1.06 bits per heavy atom. The third-order valence-electron chi connectivity index (χ3n) is 12.4. The molecule has 0 aromatic carbocycles. The molecule has 0 heterocycles. The third-order valence-corrected chi connectivity index (χ3v) is 14.7. The Bertz CT molecular complexity index is 643. The van der Waals surface area contributed by atoms with Gasteiger partial charge in [-0.3, -0.25) is 0 Å². The molecule has 0 nitrogen and oxygen atoms in total. The van der Waals surface area contributed by atoms with Crippen LogP contribution in [0.15, 0.2) is 0 Å². The summed E-state index contributed by atoms with van der Waals surface area (Å²) in [7, 11) is 0. The van der Waals surface area contributed by atoms with E-state index in [9.17, 15) is 0 Å². The Labute approximate surface area is 223 Å². The van der Waals surface area contributed by atoms with E-state index in [1.54, 1.807) is 0 Å². The van der Waals surface area contributed by atoms with Gasteiger partial charge < -0.3 is 0 Å². The van der Waals surface area contributed by atoms with E-state index in [2.05, 4.69) is 38.8 Å². The van der Waals surface area contributed by atoms with Gasteiger partial charge in [0.2, 0.25) is 0 Å². The lowest BCUT2D eigenvalue weighted by atomic mass is 9.44. The molecule has 0 aliphatic heterocycles. The first-order valence-corrected chi connectivity index (χ1v) is 17.1. The molecular weight excluding hydrogens is 448 g/mol. The first kappa shape index (κ1) is 27.7. The monoisotopic (exact) mass is 506 g/mol. The van der Waals surface area contributed by atoms with Crippen LogP contribution in [-0.4, -0.2) is 15.7 Å². The fourth-order valence-electron chi connectivity index (χ4n) is 9.65. The summed E-state index contributed by atoms with van der Waals surface area (Å²) in [5.41, 5.74) is 1.58. The van der Waals surface area contributed by atoms with Crippen LogP contribution in [0.4, 0.5) is 0 Å². The van der Waals surface area contributed by atoms with Gasteiger partial charge in [-0.05, 0) is 105 Å². The summed E-state index contributed by atoms with van der Waals surface area (Å²) in [4.78, 5) is 0. The van der Waals surface area contributed by atoms with Crippen molar-refractivity contribution in [3.8, 4) is 0 Å². The quantitative estimate of drug-likeness (QED) is 0.363. The predicted molar refractivity (Wildman–Crippen MR) is 157 cm³/mol. The Kier molecular flexibility index (Phi) is 9.14. The number of thioether (sulfide) groups is 1. The molecular formula is C32H58S2. The van der Waals surface area contributed by atoms with Crippen molar-refractivity contribution < 1.29 is 0 Å². The van der Waals surface area contributed by atoms with E-state index in [0.29, 0.717) is 21.0 Å². The number of thiol groups is 1. The minimum atomic E-state index is 0.242. The average Bonchev–Trinajstić information content (AvgIpc) is 2.76. The van der Waals surface area contributed by atoms with Gasteiger partial charge in [0.15, 0.2) is 0 Å². The topological polar surface area (TPSA) is 0 Å². The lowest BCUT2D eigenvalue weighted by molar-refractivity contribution is -0.0844. The van der Waals surface area contributed by atoms with Crippen molar-refractivity contribution in [3.05, 3.63) is 0 Å². The molecule has 0 aromatic rings. The minimum Gasteiger partial charge on any atom is -0.172 e. The molecule has 198 valence electrons. The fraction of sp³-hybridized carbons (Fsp3) is 1.00. The van der Waals surface area contributed by atoms with Gasteiger partial charge in [-0.1, -0.05) is 85.0 Å². The van der Waals surface area contributed by atoms with Gasteiger partial charge in [-0.15, -0.1) is 0 Å². The smallest absolute Gasteiger partial charge is 0.0191 e. The Balaban J connectivity index is 1.76. The molecule has 0 radical (unpaired) electrons. The van der Waals surface area contributed by atoms with Gasteiger partial charge in [-0.25, -0.2) is 0 Å². The largest absolute Gasteiger partial charge is 0.172 e. The molecule has 3 atom stereocenters. The normalized spacial score (nSPS) is 44.9. The molecule has 34 heavy (non-hydrogen) atoms. The first-order valence-electron chi connectivity index (χ1n) is 15.5. The minimum absolute atomic E-state index is 0.242. The van der Waals surface area contributed by atoms with E-state index < -0.39 is 0 Å². The number of fused-ring (bicyclic) bond motifs is 12. The van der Waals surface area contributed by atoms with Crippen molar-refractivity contribution in [2.45, 2.75) is 172 Å². The number of rotatable bonds is 2. The summed E-state index contributed by atoms with van der Waals surface area (Å²) in [5.74, 6) is 0.959. The molecule has 2 heteroatoms. The highest BCUT2D eigenvalue weighted by atomic mass is 32.2. The molecule has 0 N–H and O–H groups in total. The van der Waals surface area contributed by atoms with Gasteiger partial charge >= 0.3 is 0 Å². The van der Waals surface area contributed by atoms with Crippen LogP contribution in [0.5, 0.6) is 0 Å². The van der Waals surface area contributed by atoms with Crippen LogP contribution < -0.4 is 0 Å². The molecule has 0 saturated heterocycles. The third kappa shape index (κ3) is 5.44. The lowest BCUT2D eigenvalue weighted by Gasteiger charge is -2.64. The summed E-state index contributed by atoms with van der Waals surface area (Å²) in [5, 5.41) is 0. The molecule has 0 aromatic heterocycles. The van der Waals surface area contributed by atoms with Crippen LogP contribution in [0.25, 0.3) is 0 Å². The van der Waals surface area contributed by atoms with Gasteiger partial charge in [0.25, 0.3) is 0 Å². The van der Waals surface area contributed by atoms with Crippen LogP contribution in [0.1, 0.15) is 162 Å². The van der Waals surface area contributed by atoms with Gasteiger partial charge in [0.05, 0.1) is 0 Å². The highest BCUT2D eigenvalue weighted by Gasteiger charge is 2.60. The second-order valence-corrected chi connectivity index (χ2v) is 16.5. The molecule has 6 fully saturated rings. The van der Waals surface area contributed by atoms with E-state index in [-0.39, 0.29) is 4.75 Å². The van der Waals surface area contributed by atoms with Crippen LogP contribution in [0.3, 0.4) is 0 Å². The molecule has 6 aliphatic rings. The second kappa shape index (κ2) is 11.2. The van der Waals surface area contributed by atoms with Crippen molar-refractivity contribution in [2.75, 3.05) is 6.26 Å². The van der Waals surface area contributed by atoms with Gasteiger partial charge in [0, 0.05) is 9.49 Å². The van der Waals surface area contributed by atoms with Crippen LogP contribution in [0, 0.1) is 22.2 Å². The maximum Gasteiger partial charge on any atom is 0.0191 e. The molecule has 0 amide bonds. The summed E-state index contributed by atoms with van der Waals surface area (Å²) in [6.07, 6.45) is 34.3. The van der Waals surface area contributed by atoms with E-state index >= 15 is 0 Å². The molecule has 3 unspecified atom stereocenters. The molecule has 0 spiro atoms. The van der Waals surface area contributed by atoms with Crippen LogP contribution >= 0.6 is 24.4 Å². The van der Waals surface area contributed by atoms with Crippen molar-refractivity contribution >= 4 is 24.4 Å². The van der Waals surface area contributed by atoms with Crippen LogP contribution in [-0.2, 0) is 0 Å². The van der Waals surface area contributed by atoms with Crippen molar-refractivity contribution in [1.29, 1.82) is 0 Å². The predicted octanol–water partition coefficient (Wildman–Crippen LogP) is 11.0. The van der Waals surface area contributed by atoms with E-state index in [0.717, 1.165) is 5.92 Å². The standard InChI is InChI=1S/C32H58S2/c1-28-17-8-6-5-7-9-25-32(33,26-14-22-30(3,34-4)21-12-18-28)31(29(2)19-13-20-29)23-10-15-27(28)16-11-24-31/h27,33H,5-26H2,1-4H3. The summed E-state index contributed by atoms with van der Waals surface area (Å²) in [6, 6.07) is 0. The molecule has 4 bridgehead atoms. The maximum atomic E-state index is 5.90. The zero-order valence-corrected chi connectivity index (χ0v) is 25.2. The number of hydrogen-bond donors (Lipinski definition) is 1. The van der Waals surface area contributed by atoms with E-state index in [4.69, 9.17) is 12.6 Å². The van der Waals surface area contributed by atoms with E-state index in [1.807, 2.05) is 0 Å². The highest BCUT2D eigenvalue weighted by Crippen LogP contribution is 2.68. The Morgan fingerprint density at radius 3 is 1.65 bits per heavy atom. The zero-order valence-electron chi connectivity index (χ0n) is 23.5. The van der Waals surface area contributed by atoms with Crippen molar-refractivity contribution in [1.82, 2.24) is 0 Å². The Hall–Kier alpha value is 0.700. The van der Waals surface area contributed by atoms with Crippen LogP contribution in [0.2, 0.25) is 0 Å². The van der Waals surface area contributed by atoms with E-state index in [1.165, 1.54) is 141 Å². The lowest BCUT2D eigenvalue weighted by Crippen LogP contribution is -2.57. The highest BCUT2D eigenvalue weighted by molar-refractivity contribution is 7.99. The first-order chi connectivity index (χ1) is 16.2. The van der Waals surface area contributed by atoms with Gasteiger partial charge in [0.1, 0.15) is 0 Å². The molecule has 6 rings (SSSR count). The number of hydrogen-bond acceptors (Lipinski definition) is 2. The second-order valence-electron chi connectivity index (χ2n) is 14.3. The summed E-state index contributed by atoms with van der Waals surface area (Å²) >= 11 is 8.07. The van der Waals surface area contributed by atoms with Crippen molar-refractivity contribution in [3.63, 3.8) is 0 Å². The zero-order chi connectivity index (χ0) is 24.3. The Morgan fingerprint density at radius 1 is 0.559 bits per heavy atom. The fourth-order valence-corrected chi connectivity index (χ4v) is 11.2. The summed E-state index contributed by atoms with van der Waals surface area (Å²) < 4.78 is 0.700. The summed E-state index contributed by atoms with van der Waals surface area (Å²) in [6.45, 7) is 8.04. The van der Waals surface area contributed by atoms with Gasteiger partial charge in [-0.2, -0.15) is 24.4 Å². The SMILES string of the molecule is CSC1(C)CCCC2(C)CCCCCCCC(S)(CCC1)C1(C3(C)CCC3)CCCC2CCC1.